The van der Waals surface area contributed by atoms with Crippen LogP contribution in [0.3, 0.4) is 0 Å². The second kappa shape index (κ2) is 44.5. The van der Waals surface area contributed by atoms with E-state index >= 15 is 0 Å². The van der Waals surface area contributed by atoms with Gasteiger partial charge in [-0.05, 0) is 25.2 Å². The van der Waals surface area contributed by atoms with Crippen molar-refractivity contribution >= 4 is 17.9 Å². The van der Waals surface area contributed by atoms with Crippen LogP contribution >= 0.6 is 0 Å². The van der Waals surface area contributed by atoms with E-state index in [1.807, 2.05) is 0 Å². The number of rotatable bonds is 45. The minimum absolute atomic E-state index is 0.0640. The number of esters is 3. The van der Waals surface area contributed by atoms with E-state index in [-0.39, 0.29) is 31.1 Å². The van der Waals surface area contributed by atoms with Crippen molar-refractivity contribution in [1.29, 1.82) is 0 Å². The van der Waals surface area contributed by atoms with Gasteiger partial charge in [-0.1, -0.05) is 240 Å². The summed E-state index contributed by atoms with van der Waals surface area (Å²) in [6.07, 6.45) is 45.3. The summed E-state index contributed by atoms with van der Waals surface area (Å²) in [5, 5.41) is 0. The third kappa shape index (κ3) is 43.5. The van der Waals surface area contributed by atoms with Gasteiger partial charge >= 0.3 is 17.9 Å². The fourth-order valence-corrected chi connectivity index (χ4v) is 7.51. The molecule has 56 heavy (non-hydrogen) atoms. The predicted molar refractivity (Wildman–Crippen MR) is 238 cm³/mol. The van der Waals surface area contributed by atoms with Crippen molar-refractivity contribution in [2.75, 3.05) is 13.2 Å². The maximum Gasteiger partial charge on any atom is 0.306 e. The van der Waals surface area contributed by atoms with Gasteiger partial charge in [-0.15, -0.1) is 0 Å². The Hall–Kier alpha value is -1.59. The fourth-order valence-electron chi connectivity index (χ4n) is 7.51. The zero-order chi connectivity index (χ0) is 41.0. The molecule has 0 aromatic carbocycles. The van der Waals surface area contributed by atoms with Crippen molar-refractivity contribution in [3.63, 3.8) is 0 Å². The molecule has 332 valence electrons. The minimum atomic E-state index is -0.760. The first-order valence-corrected chi connectivity index (χ1v) is 24.9. The first kappa shape index (κ1) is 54.4. The van der Waals surface area contributed by atoms with Gasteiger partial charge in [0.15, 0.2) is 6.10 Å². The first-order chi connectivity index (χ1) is 27.4. The van der Waals surface area contributed by atoms with E-state index < -0.39 is 6.10 Å². The van der Waals surface area contributed by atoms with E-state index in [1.54, 1.807) is 0 Å². The van der Waals surface area contributed by atoms with Crippen LogP contribution in [0.15, 0.2) is 0 Å². The molecule has 1 atom stereocenters. The van der Waals surface area contributed by atoms with Crippen molar-refractivity contribution in [2.45, 2.75) is 284 Å². The van der Waals surface area contributed by atoms with Crippen molar-refractivity contribution < 1.29 is 28.6 Å². The monoisotopic (exact) mass is 793 g/mol. The number of hydrogen-bond acceptors (Lipinski definition) is 6. The molecule has 0 spiro atoms. The van der Waals surface area contributed by atoms with Gasteiger partial charge in [0.25, 0.3) is 0 Å². The largest absolute Gasteiger partial charge is 0.462 e. The molecule has 0 rings (SSSR count). The van der Waals surface area contributed by atoms with E-state index in [0.717, 1.165) is 63.7 Å². The quantitative estimate of drug-likeness (QED) is 0.0347. The second-order valence-corrected chi connectivity index (χ2v) is 17.6. The van der Waals surface area contributed by atoms with Gasteiger partial charge in [0.2, 0.25) is 0 Å². The smallest absolute Gasteiger partial charge is 0.306 e. The van der Waals surface area contributed by atoms with Crippen molar-refractivity contribution in [3.8, 4) is 0 Å². The molecule has 0 aliphatic carbocycles. The molecule has 0 saturated heterocycles. The van der Waals surface area contributed by atoms with E-state index in [0.29, 0.717) is 19.3 Å². The van der Waals surface area contributed by atoms with Crippen LogP contribution in [0.2, 0.25) is 0 Å². The van der Waals surface area contributed by atoms with Crippen LogP contribution in [0, 0.1) is 5.92 Å². The Labute approximate surface area is 348 Å². The lowest BCUT2D eigenvalue weighted by Gasteiger charge is -2.18. The second-order valence-electron chi connectivity index (χ2n) is 17.6. The highest BCUT2D eigenvalue weighted by Crippen LogP contribution is 2.17. The number of carbonyl (C=O) groups excluding carboxylic acids is 3. The zero-order valence-electron chi connectivity index (χ0n) is 38.1. The summed E-state index contributed by atoms with van der Waals surface area (Å²) in [4.78, 5) is 37.8. The molecule has 0 heterocycles. The molecule has 0 fully saturated rings. The summed E-state index contributed by atoms with van der Waals surface area (Å²) in [7, 11) is 0. The van der Waals surface area contributed by atoms with Crippen LogP contribution in [0.4, 0.5) is 0 Å². The summed E-state index contributed by atoms with van der Waals surface area (Å²) in [6.45, 7) is 8.96. The van der Waals surface area contributed by atoms with E-state index in [2.05, 4.69) is 27.7 Å². The minimum Gasteiger partial charge on any atom is -0.462 e. The number of carbonyl (C=O) groups is 3. The molecular weight excluding hydrogens is 697 g/mol. The number of hydrogen-bond donors (Lipinski definition) is 0. The highest BCUT2D eigenvalue weighted by molar-refractivity contribution is 5.71. The molecule has 0 amide bonds. The van der Waals surface area contributed by atoms with Gasteiger partial charge in [0.1, 0.15) is 13.2 Å². The molecule has 0 aromatic rings. The van der Waals surface area contributed by atoms with Gasteiger partial charge in [0, 0.05) is 19.3 Å². The summed E-state index contributed by atoms with van der Waals surface area (Å²) < 4.78 is 16.7. The average Bonchev–Trinajstić information content (AvgIpc) is 3.18. The zero-order valence-corrected chi connectivity index (χ0v) is 38.1. The Bertz CT molecular complexity index is 841. The Morgan fingerprint density at radius 2 is 0.589 bits per heavy atom. The standard InChI is InChI=1S/C50H96O6/c1-5-7-9-11-13-15-17-18-19-20-21-22-23-24-26-30-34-38-42-49(52)55-45-47(56-50(53)43-39-35-31-27-28-32-36-40-46(3)4)44-54-48(51)41-37-33-29-25-16-14-12-10-8-6-2/h46-47H,5-45H2,1-4H3/t47-/m0/s1. The molecule has 6 nitrogen and oxygen atoms in total. The Kier molecular flexibility index (Phi) is 43.2. The van der Waals surface area contributed by atoms with Crippen LogP contribution in [-0.2, 0) is 28.6 Å². The third-order valence-electron chi connectivity index (χ3n) is 11.3. The first-order valence-electron chi connectivity index (χ1n) is 24.9. The van der Waals surface area contributed by atoms with E-state index in [9.17, 15) is 14.4 Å². The van der Waals surface area contributed by atoms with Gasteiger partial charge < -0.3 is 14.2 Å². The maximum atomic E-state index is 12.7. The molecule has 6 heteroatoms. The van der Waals surface area contributed by atoms with Crippen molar-refractivity contribution in [1.82, 2.24) is 0 Å². The maximum absolute atomic E-state index is 12.7. The molecule has 0 radical (unpaired) electrons. The van der Waals surface area contributed by atoms with Crippen molar-refractivity contribution in [2.24, 2.45) is 5.92 Å². The molecule has 0 aliphatic rings. The van der Waals surface area contributed by atoms with Gasteiger partial charge in [-0.3, -0.25) is 14.4 Å². The Morgan fingerprint density at radius 3 is 0.875 bits per heavy atom. The normalized spacial score (nSPS) is 11.9. The third-order valence-corrected chi connectivity index (χ3v) is 11.3. The van der Waals surface area contributed by atoms with Crippen LogP contribution in [0.5, 0.6) is 0 Å². The highest BCUT2D eigenvalue weighted by Gasteiger charge is 2.19. The van der Waals surface area contributed by atoms with Crippen LogP contribution < -0.4 is 0 Å². The lowest BCUT2D eigenvalue weighted by molar-refractivity contribution is -0.167. The molecule has 0 aliphatic heterocycles. The average molecular weight is 793 g/mol. The molecule has 0 bridgehead atoms. The molecular formula is C50H96O6. The van der Waals surface area contributed by atoms with Gasteiger partial charge in [-0.25, -0.2) is 0 Å². The van der Waals surface area contributed by atoms with E-state index in [4.69, 9.17) is 14.2 Å². The molecule has 0 saturated carbocycles. The Balaban J connectivity index is 4.22. The summed E-state index contributed by atoms with van der Waals surface area (Å²) >= 11 is 0. The number of unbranched alkanes of at least 4 members (excludes halogenated alkanes) is 32. The van der Waals surface area contributed by atoms with Crippen molar-refractivity contribution in [3.05, 3.63) is 0 Å². The summed E-state index contributed by atoms with van der Waals surface area (Å²) in [5.41, 5.74) is 0. The highest BCUT2D eigenvalue weighted by atomic mass is 16.6. The lowest BCUT2D eigenvalue weighted by Crippen LogP contribution is -2.30. The Morgan fingerprint density at radius 1 is 0.339 bits per heavy atom. The predicted octanol–water partition coefficient (Wildman–Crippen LogP) is 15.9. The van der Waals surface area contributed by atoms with E-state index in [1.165, 1.54) is 173 Å². The number of ether oxygens (including phenoxy) is 3. The summed E-state index contributed by atoms with van der Waals surface area (Å²) in [6, 6.07) is 0. The van der Waals surface area contributed by atoms with Gasteiger partial charge in [0.05, 0.1) is 0 Å². The molecule has 0 N–H and O–H groups in total. The van der Waals surface area contributed by atoms with Gasteiger partial charge in [-0.2, -0.15) is 0 Å². The SMILES string of the molecule is CCCCCCCCCCCCCCCCCCCCC(=O)OC[C@H](COC(=O)CCCCCCCCCCCC)OC(=O)CCCCCCCCCC(C)C. The molecule has 0 unspecified atom stereocenters. The topological polar surface area (TPSA) is 78.9 Å². The molecule has 0 aromatic heterocycles. The lowest BCUT2D eigenvalue weighted by atomic mass is 10.0. The van der Waals surface area contributed by atoms with Crippen LogP contribution in [0.1, 0.15) is 278 Å². The van der Waals surface area contributed by atoms with Crippen LogP contribution in [0.25, 0.3) is 0 Å². The van der Waals surface area contributed by atoms with Crippen LogP contribution in [-0.4, -0.2) is 37.2 Å². The fraction of sp³-hybridized carbons (Fsp3) is 0.940. The summed E-state index contributed by atoms with van der Waals surface area (Å²) in [5.74, 6) is -0.0752.